The van der Waals surface area contributed by atoms with Crippen LogP contribution in [-0.2, 0) is 4.74 Å². The normalized spacial score (nSPS) is 20.9. The van der Waals surface area contributed by atoms with Crippen molar-refractivity contribution < 1.29 is 4.74 Å². The maximum atomic E-state index is 5.43. The molecule has 0 radical (unpaired) electrons. The number of piperidine rings is 1. The summed E-state index contributed by atoms with van der Waals surface area (Å²) in [5.41, 5.74) is 2.61. The second kappa shape index (κ2) is 7.91. The van der Waals surface area contributed by atoms with E-state index in [0.29, 0.717) is 6.04 Å². The second-order valence-corrected chi connectivity index (χ2v) is 7.11. The molecule has 6 heteroatoms. The van der Waals surface area contributed by atoms with Crippen molar-refractivity contribution in [3.05, 3.63) is 42.1 Å². The molecule has 1 unspecified atom stereocenters. The lowest BCUT2D eigenvalue weighted by Crippen LogP contribution is -2.42. The molecule has 26 heavy (non-hydrogen) atoms. The van der Waals surface area contributed by atoms with Gasteiger partial charge in [0.15, 0.2) is 0 Å². The first-order valence-corrected chi connectivity index (χ1v) is 9.52. The fourth-order valence-electron chi connectivity index (χ4n) is 3.72. The number of benzene rings is 1. The Morgan fingerprint density at radius 1 is 1.12 bits per heavy atom. The molecule has 2 aromatic rings. The Bertz CT molecular complexity index is 732. The smallest absolute Gasteiger partial charge is 0.224 e. The van der Waals surface area contributed by atoms with Crippen LogP contribution < -0.4 is 15.1 Å². The van der Waals surface area contributed by atoms with E-state index in [1.54, 1.807) is 0 Å². The maximum Gasteiger partial charge on any atom is 0.224 e. The molecule has 2 aliphatic rings. The van der Waals surface area contributed by atoms with Gasteiger partial charge in [-0.3, -0.25) is 0 Å². The summed E-state index contributed by atoms with van der Waals surface area (Å²) in [7, 11) is 0. The van der Waals surface area contributed by atoms with Gasteiger partial charge in [0.1, 0.15) is 5.82 Å². The lowest BCUT2D eigenvalue weighted by atomic mass is 10.0. The topological polar surface area (TPSA) is 53.5 Å². The van der Waals surface area contributed by atoms with E-state index in [1.165, 1.54) is 17.7 Å². The van der Waals surface area contributed by atoms with Crippen molar-refractivity contribution in [1.82, 2.24) is 9.97 Å². The fraction of sp³-hybridized carbons (Fsp3) is 0.500. The van der Waals surface area contributed by atoms with Crippen LogP contribution in [0.1, 0.15) is 18.4 Å². The maximum absolute atomic E-state index is 5.43. The van der Waals surface area contributed by atoms with E-state index in [-0.39, 0.29) is 0 Å². The van der Waals surface area contributed by atoms with Crippen LogP contribution in [0.15, 0.2) is 36.5 Å². The van der Waals surface area contributed by atoms with Crippen molar-refractivity contribution in [3.63, 3.8) is 0 Å². The summed E-state index contributed by atoms with van der Waals surface area (Å²) in [5, 5.41) is 3.55. The minimum Gasteiger partial charge on any atom is -0.378 e. The molecule has 0 aliphatic carbocycles. The Morgan fingerprint density at radius 3 is 2.85 bits per heavy atom. The Labute approximate surface area is 155 Å². The average Bonchev–Trinajstić information content (AvgIpc) is 2.69. The van der Waals surface area contributed by atoms with Crippen LogP contribution in [0.5, 0.6) is 0 Å². The zero-order chi connectivity index (χ0) is 17.8. The molecule has 2 fully saturated rings. The van der Waals surface area contributed by atoms with E-state index in [9.17, 15) is 0 Å². The molecule has 1 aromatic carbocycles. The van der Waals surface area contributed by atoms with Crippen LogP contribution in [-0.4, -0.2) is 55.4 Å². The molecule has 1 aromatic heterocycles. The molecule has 0 saturated carbocycles. The number of hydrogen-bond donors (Lipinski definition) is 1. The summed E-state index contributed by atoms with van der Waals surface area (Å²) in [4.78, 5) is 13.9. The number of hydrogen-bond acceptors (Lipinski definition) is 6. The van der Waals surface area contributed by atoms with E-state index in [2.05, 4.69) is 51.3 Å². The number of rotatable bonds is 4. The summed E-state index contributed by atoms with van der Waals surface area (Å²) >= 11 is 0. The summed E-state index contributed by atoms with van der Waals surface area (Å²) in [6.45, 7) is 7.54. The number of ether oxygens (including phenoxy) is 1. The van der Waals surface area contributed by atoms with Gasteiger partial charge in [0.25, 0.3) is 0 Å². The summed E-state index contributed by atoms with van der Waals surface area (Å²) < 4.78 is 5.43. The van der Waals surface area contributed by atoms with Crippen LogP contribution in [0.3, 0.4) is 0 Å². The standard InChI is InChI=1S/C20H27N5O/c1-16-4-2-6-18(14-16)25-9-3-5-17(15-25)22-20-21-8-7-19(23-20)24-10-12-26-13-11-24/h2,4,6-8,14,17H,3,5,9-13,15H2,1H3,(H,21,22,23). The van der Waals surface area contributed by atoms with Gasteiger partial charge in [-0.05, 0) is 43.5 Å². The van der Waals surface area contributed by atoms with Crippen molar-refractivity contribution in [1.29, 1.82) is 0 Å². The third kappa shape index (κ3) is 4.07. The van der Waals surface area contributed by atoms with E-state index < -0.39 is 0 Å². The first kappa shape index (κ1) is 17.1. The van der Waals surface area contributed by atoms with Crippen molar-refractivity contribution >= 4 is 17.5 Å². The van der Waals surface area contributed by atoms with Gasteiger partial charge < -0.3 is 19.9 Å². The Morgan fingerprint density at radius 2 is 2.00 bits per heavy atom. The van der Waals surface area contributed by atoms with Crippen LogP contribution in [0.25, 0.3) is 0 Å². The number of nitrogens with one attached hydrogen (secondary N) is 1. The third-order valence-corrected chi connectivity index (χ3v) is 5.10. The molecule has 4 rings (SSSR count). The molecule has 0 amide bonds. The Balaban J connectivity index is 1.42. The summed E-state index contributed by atoms with van der Waals surface area (Å²) in [5.74, 6) is 1.71. The molecule has 0 spiro atoms. The number of morpholine rings is 1. The highest BCUT2D eigenvalue weighted by Gasteiger charge is 2.21. The van der Waals surface area contributed by atoms with Gasteiger partial charge in [0.2, 0.25) is 5.95 Å². The zero-order valence-electron chi connectivity index (χ0n) is 15.4. The van der Waals surface area contributed by atoms with Gasteiger partial charge in [-0.2, -0.15) is 4.98 Å². The lowest BCUT2D eigenvalue weighted by Gasteiger charge is -2.35. The Kier molecular flexibility index (Phi) is 5.20. The number of anilines is 3. The van der Waals surface area contributed by atoms with Crippen molar-refractivity contribution in [3.8, 4) is 0 Å². The van der Waals surface area contributed by atoms with E-state index in [0.717, 1.165) is 57.6 Å². The van der Waals surface area contributed by atoms with Crippen LogP contribution in [0, 0.1) is 6.92 Å². The van der Waals surface area contributed by atoms with E-state index in [4.69, 9.17) is 9.72 Å². The quantitative estimate of drug-likeness (QED) is 0.912. The number of aromatic nitrogens is 2. The van der Waals surface area contributed by atoms with Gasteiger partial charge in [-0.1, -0.05) is 12.1 Å². The molecule has 3 heterocycles. The highest BCUT2D eigenvalue weighted by molar-refractivity contribution is 5.50. The molecule has 2 aliphatic heterocycles. The highest BCUT2D eigenvalue weighted by atomic mass is 16.5. The molecule has 2 saturated heterocycles. The van der Waals surface area contributed by atoms with E-state index in [1.807, 2.05) is 12.3 Å². The van der Waals surface area contributed by atoms with Gasteiger partial charge >= 0.3 is 0 Å². The molecule has 6 nitrogen and oxygen atoms in total. The highest BCUT2D eigenvalue weighted by Crippen LogP contribution is 2.22. The van der Waals surface area contributed by atoms with Crippen molar-refractivity contribution in [2.75, 3.05) is 54.5 Å². The zero-order valence-corrected chi connectivity index (χ0v) is 15.4. The minimum absolute atomic E-state index is 0.365. The van der Waals surface area contributed by atoms with Crippen molar-refractivity contribution in [2.24, 2.45) is 0 Å². The number of nitrogens with zero attached hydrogens (tertiary/aromatic N) is 4. The second-order valence-electron chi connectivity index (χ2n) is 7.11. The van der Waals surface area contributed by atoms with Gasteiger partial charge in [-0.15, -0.1) is 0 Å². The predicted octanol–water partition coefficient (Wildman–Crippen LogP) is 2.70. The monoisotopic (exact) mass is 353 g/mol. The molecule has 138 valence electrons. The van der Waals surface area contributed by atoms with Crippen molar-refractivity contribution in [2.45, 2.75) is 25.8 Å². The third-order valence-electron chi connectivity index (χ3n) is 5.10. The SMILES string of the molecule is Cc1cccc(N2CCCC(Nc3nccc(N4CCOCC4)n3)C2)c1. The van der Waals surface area contributed by atoms with Gasteiger partial charge in [-0.25, -0.2) is 4.98 Å². The molecular weight excluding hydrogens is 326 g/mol. The van der Waals surface area contributed by atoms with Gasteiger partial charge in [0.05, 0.1) is 13.2 Å². The van der Waals surface area contributed by atoms with Crippen LogP contribution in [0.2, 0.25) is 0 Å². The summed E-state index contributed by atoms with van der Waals surface area (Å²) in [6, 6.07) is 11.1. The predicted molar refractivity (Wildman–Crippen MR) is 105 cm³/mol. The molecular formula is C20H27N5O. The Hall–Kier alpha value is -2.34. The fourth-order valence-corrected chi connectivity index (χ4v) is 3.72. The number of aryl methyl sites for hydroxylation is 1. The van der Waals surface area contributed by atoms with Crippen LogP contribution >= 0.6 is 0 Å². The molecule has 1 atom stereocenters. The minimum atomic E-state index is 0.365. The van der Waals surface area contributed by atoms with Gasteiger partial charge in [0, 0.05) is 44.1 Å². The van der Waals surface area contributed by atoms with E-state index >= 15 is 0 Å². The lowest BCUT2D eigenvalue weighted by molar-refractivity contribution is 0.122. The first-order valence-electron chi connectivity index (χ1n) is 9.52. The largest absolute Gasteiger partial charge is 0.378 e. The molecule has 0 bridgehead atoms. The van der Waals surface area contributed by atoms with Crippen LogP contribution in [0.4, 0.5) is 17.5 Å². The first-order chi connectivity index (χ1) is 12.8. The average molecular weight is 353 g/mol. The molecule has 1 N–H and O–H groups in total. The summed E-state index contributed by atoms with van der Waals surface area (Å²) in [6.07, 6.45) is 4.17.